The summed E-state index contributed by atoms with van der Waals surface area (Å²) in [4.78, 5) is 4.64. The number of benzene rings is 6. The van der Waals surface area contributed by atoms with Gasteiger partial charge >= 0.3 is 0 Å². The molecule has 0 bridgehead atoms. The highest BCUT2D eigenvalue weighted by Crippen LogP contribution is 2.38. The Bertz CT molecular complexity index is 1660. The van der Waals surface area contributed by atoms with Gasteiger partial charge in [-0.25, -0.2) is 0 Å². The molecule has 0 radical (unpaired) electrons. The SMILES string of the molecule is Bc1ccc(N(c2ccccc2)c2ccc(-c3ccc(N(c4ccccc4)c4ccc(C)c(C)c4)cc3)cc2)cc1C. The Morgan fingerprint density at radius 3 is 1.17 bits per heavy atom. The summed E-state index contributed by atoms with van der Waals surface area (Å²) in [5.41, 5.74) is 14.4. The predicted molar refractivity (Wildman–Crippen MR) is 184 cm³/mol. The van der Waals surface area contributed by atoms with Crippen molar-refractivity contribution in [1.82, 2.24) is 0 Å². The molecule has 0 unspecified atom stereocenters. The third-order valence-electron chi connectivity index (χ3n) is 8.11. The fraction of sp³-hybridized carbons (Fsp3) is 0.0769. The molecular formula is C39H35BN2. The van der Waals surface area contributed by atoms with Crippen LogP contribution in [0.1, 0.15) is 16.7 Å². The maximum atomic E-state index is 2.32. The molecule has 0 amide bonds. The van der Waals surface area contributed by atoms with Crippen LogP contribution in [0.25, 0.3) is 11.1 Å². The maximum absolute atomic E-state index is 2.32. The van der Waals surface area contributed by atoms with Crippen LogP contribution in [0.4, 0.5) is 34.1 Å². The van der Waals surface area contributed by atoms with Crippen LogP contribution in [0, 0.1) is 20.8 Å². The van der Waals surface area contributed by atoms with Crippen molar-refractivity contribution < 1.29 is 0 Å². The van der Waals surface area contributed by atoms with E-state index < -0.39 is 0 Å². The van der Waals surface area contributed by atoms with Crippen LogP contribution in [0.3, 0.4) is 0 Å². The number of hydrogen-bond donors (Lipinski definition) is 0. The van der Waals surface area contributed by atoms with Gasteiger partial charge in [0.2, 0.25) is 0 Å². The summed E-state index contributed by atoms with van der Waals surface area (Å²) in [6.07, 6.45) is 0. The first kappa shape index (κ1) is 27.2. The summed E-state index contributed by atoms with van der Waals surface area (Å²) in [5, 5.41) is 0. The molecule has 3 heteroatoms. The van der Waals surface area contributed by atoms with Crippen LogP contribution in [-0.4, -0.2) is 7.85 Å². The lowest BCUT2D eigenvalue weighted by atomic mass is 9.91. The summed E-state index contributed by atoms with van der Waals surface area (Å²) in [6, 6.07) is 52.3. The molecule has 0 aromatic heterocycles. The molecular weight excluding hydrogens is 507 g/mol. The molecule has 42 heavy (non-hydrogen) atoms. The van der Waals surface area contributed by atoms with Gasteiger partial charge in [-0.1, -0.05) is 83.8 Å². The summed E-state index contributed by atoms with van der Waals surface area (Å²) in [7, 11) is 2.16. The van der Waals surface area contributed by atoms with E-state index in [0.29, 0.717) is 0 Å². The Balaban J connectivity index is 1.33. The van der Waals surface area contributed by atoms with E-state index >= 15 is 0 Å². The van der Waals surface area contributed by atoms with Crippen molar-refractivity contribution in [3.63, 3.8) is 0 Å². The first-order valence-corrected chi connectivity index (χ1v) is 14.5. The summed E-state index contributed by atoms with van der Waals surface area (Å²) in [6.45, 7) is 6.51. The largest absolute Gasteiger partial charge is 0.310 e. The minimum Gasteiger partial charge on any atom is -0.310 e. The van der Waals surface area contributed by atoms with Gasteiger partial charge in [0, 0.05) is 34.1 Å². The van der Waals surface area contributed by atoms with E-state index in [1.807, 2.05) is 0 Å². The molecule has 0 spiro atoms. The zero-order chi connectivity index (χ0) is 29.1. The maximum Gasteiger partial charge on any atom is 0.139 e. The molecule has 0 saturated carbocycles. The Morgan fingerprint density at radius 2 is 0.738 bits per heavy atom. The highest BCUT2D eigenvalue weighted by Gasteiger charge is 2.15. The van der Waals surface area contributed by atoms with Crippen LogP contribution in [0.5, 0.6) is 0 Å². The zero-order valence-electron chi connectivity index (χ0n) is 24.8. The average molecular weight is 543 g/mol. The van der Waals surface area contributed by atoms with Crippen LogP contribution < -0.4 is 15.3 Å². The van der Waals surface area contributed by atoms with Crippen LogP contribution in [0.15, 0.2) is 146 Å². The molecule has 0 heterocycles. The first-order valence-electron chi connectivity index (χ1n) is 14.5. The van der Waals surface area contributed by atoms with Gasteiger partial charge in [-0.3, -0.25) is 0 Å². The van der Waals surface area contributed by atoms with E-state index in [2.05, 4.69) is 184 Å². The van der Waals surface area contributed by atoms with Crippen molar-refractivity contribution >= 4 is 47.4 Å². The number of rotatable bonds is 7. The van der Waals surface area contributed by atoms with Crippen molar-refractivity contribution in [3.8, 4) is 11.1 Å². The number of nitrogens with zero attached hydrogens (tertiary/aromatic N) is 2. The van der Waals surface area contributed by atoms with Gasteiger partial charge in [0.1, 0.15) is 7.85 Å². The van der Waals surface area contributed by atoms with Crippen LogP contribution in [0.2, 0.25) is 0 Å². The average Bonchev–Trinajstić information content (AvgIpc) is 3.03. The lowest BCUT2D eigenvalue weighted by Gasteiger charge is -2.27. The van der Waals surface area contributed by atoms with Crippen molar-refractivity contribution in [1.29, 1.82) is 0 Å². The van der Waals surface area contributed by atoms with Gasteiger partial charge in [0.15, 0.2) is 0 Å². The monoisotopic (exact) mass is 542 g/mol. The molecule has 204 valence electrons. The molecule has 0 aliphatic carbocycles. The Hall–Kier alpha value is -5.02. The quantitative estimate of drug-likeness (QED) is 0.185. The molecule has 0 fully saturated rings. The molecule has 0 saturated heterocycles. The van der Waals surface area contributed by atoms with Gasteiger partial charge in [0.25, 0.3) is 0 Å². The van der Waals surface area contributed by atoms with Crippen molar-refractivity contribution in [2.75, 3.05) is 9.80 Å². The van der Waals surface area contributed by atoms with Gasteiger partial charge in [-0.2, -0.15) is 0 Å². The normalized spacial score (nSPS) is 10.8. The number of anilines is 6. The smallest absolute Gasteiger partial charge is 0.139 e. The van der Waals surface area contributed by atoms with Gasteiger partial charge in [-0.15, -0.1) is 0 Å². The second-order valence-corrected chi connectivity index (χ2v) is 11.0. The van der Waals surface area contributed by atoms with E-state index in [1.165, 1.54) is 33.3 Å². The van der Waals surface area contributed by atoms with E-state index in [0.717, 1.165) is 34.1 Å². The van der Waals surface area contributed by atoms with E-state index in [4.69, 9.17) is 0 Å². The standard InChI is InChI=1S/C39H35BN2/c1-28-14-19-37(26-29(28)2)41(33-10-6-4-7-11-33)35-20-15-31(16-21-35)32-17-22-36(23-18-32)42(34-12-8-5-9-13-34)38-24-25-39(40)30(3)27-38/h4-27H,40H2,1-3H3. The van der Waals surface area contributed by atoms with Crippen molar-refractivity contribution in [2.45, 2.75) is 20.8 Å². The zero-order valence-corrected chi connectivity index (χ0v) is 24.8. The van der Waals surface area contributed by atoms with E-state index in [-0.39, 0.29) is 0 Å². The molecule has 0 aliphatic rings. The highest BCUT2D eigenvalue weighted by molar-refractivity contribution is 6.33. The molecule has 6 rings (SSSR count). The Morgan fingerprint density at radius 1 is 0.357 bits per heavy atom. The van der Waals surface area contributed by atoms with Gasteiger partial charge in [0.05, 0.1) is 0 Å². The topological polar surface area (TPSA) is 6.48 Å². The van der Waals surface area contributed by atoms with Crippen LogP contribution >= 0.6 is 0 Å². The Labute approximate surface area is 250 Å². The second kappa shape index (κ2) is 11.8. The van der Waals surface area contributed by atoms with Gasteiger partial charge < -0.3 is 9.80 Å². The molecule has 0 atom stereocenters. The van der Waals surface area contributed by atoms with Crippen molar-refractivity contribution in [2.24, 2.45) is 0 Å². The number of hydrogen-bond acceptors (Lipinski definition) is 2. The lowest BCUT2D eigenvalue weighted by Crippen LogP contribution is -2.13. The Kier molecular flexibility index (Phi) is 7.66. The van der Waals surface area contributed by atoms with Gasteiger partial charge in [-0.05, 0) is 116 Å². The summed E-state index contributed by atoms with van der Waals surface area (Å²) >= 11 is 0. The van der Waals surface area contributed by atoms with E-state index in [1.54, 1.807) is 0 Å². The van der Waals surface area contributed by atoms with Crippen molar-refractivity contribution in [3.05, 3.63) is 162 Å². The number of aryl methyl sites for hydroxylation is 3. The first-order chi connectivity index (χ1) is 20.5. The minimum atomic E-state index is 1.13. The minimum absolute atomic E-state index is 1.13. The third kappa shape index (κ3) is 5.59. The fourth-order valence-corrected chi connectivity index (χ4v) is 5.38. The molecule has 6 aromatic rings. The summed E-state index contributed by atoms with van der Waals surface area (Å²) < 4.78 is 0. The molecule has 2 nitrogen and oxygen atoms in total. The molecule has 0 aliphatic heterocycles. The predicted octanol–water partition coefficient (Wildman–Crippen LogP) is 9.48. The lowest BCUT2D eigenvalue weighted by molar-refractivity contribution is 1.25. The molecule has 6 aromatic carbocycles. The fourth-order valence-electron chi connectivity index (χ4n) is 5.38. The third-order valence-corrected chi connectivity index (χ3v) is 8.11. The highest BCUT2D eigenvalue weighted by atomic mass is 15.1. The number of para-hydroxylation sites is 2. The second-order valence-electron chi connectivity index (χ2n) is 11.0. The summed E-state index contributed by atoms with van der Waals surface area (Å²) in [5.74, 6) is 0. The van der Waals surface area contributed by atoms with Crippen LogP contribution in [-0.2, 0) is 0 Å². The molecule has 0 N–H and O–H groups in total. The van der Waals surface area contributed by atoms with E-state index in [9.17, 15) is 0 Å².